The van der Waals surface area contributed by atoms with E-state index in [0.29, 0.717) is 11.1 Å². The molecule has 154 valence electrons. The van der Waals surface area contributed by atoms with Crippen LogP contribution in [0.25, 0.3) is 0 Å². The summed E-state index contributed by atoms with van der Waals surface area (Å²) < 4.78 is 39.3. The normalized spacial score (nSPS) is 14.1. The lowest BCUT2D eigenvalue weighted by atomic mass is 10.1. The second-order valence-corrected chi connectivity index (χ2v) is 15.0. The molecule has 0 unspecified atom stereocenters. The van der Waals surface area contributed by atoms with Crippen molar-refractivity contribution < 1.29 is 22.4 Å². The first kappa shape index (κ1) is 23.8. The molecule has 0 aliphatic carbocycles. The number of carbonyl (C=O) groups excluding carboxylic acids is 1. The molecule has 1 aromatic rings. The minimum Gasteiger partial charge on any atom is -0.468 e. The van der Waals surface area contributed by atoms with E-state index in [-0.39, 0.29) is 16.5 Å². The van der Waals surface area contributed by atoms with Gasteiger partial charge in [0.1, 0.15) is 6.04 Å². The number of ether oxygens (including phenoxy) is 1. The first-order valence-electron chi connectivity index (χ1n) is 8.94. The molecule has 0 spiro atoms. The van der Waals surface area contributed by atoms with E-state index in [0.717, 1.165) is 5.56 Å². The Balaban J connectivity index is 3.16. The second-order valence-electron chi connectivity index (χ2n) is 8.50. The zero-order valence-electron chi connectivity index (χ0n) is 17.9. The van der Waals surface area contributed by atoms with Crippen LogP contribution in [0.3, 0.4) is 0 Å². The van der Waals surface area contributed by atoms with Crippen LogP contribution in [-0.2, 0) is 24.0 Å². The minimum absolute atomic E-state index is 0.0589. The molecule has 1 aromatic carbocycles. The Kier molecular flexibility index (Phi) is 7.43. The number of esters is 1. The van der Waals surface area contributed by atoms with Crippen molar-refractivity contribution in [2.24, 2.45) is 0 Å². The molecule has 0 aliphatic heterocycles. The highest BCUT2D eigenvalue weighted by Gasteiger charge is 2.39. The third kappa shape index (κ3) is 5.87. The number of hydrogen-bond acceptors (Lipinski definition) is 5. The van der Waals surface area contributed by atoms with Crippen molar-refractivity contribution in [1.82, 2.24) is 4.72 Å². The van der Waals surface area contributed by atoms with Crippen molar-refractivity contribution in [1.29, 1.82) is 0 Å². The SMILES string of the molecule is COC(=O)[C@@H](CO[Si](C)(C)C(C)(C)C)NS(=O)(=O)c1c(C)cc(C)cc1C. The Labute approximate surface area is 164 Å². The van der Waals surface area contributed by atoms with Gasteiger partial charge in [-0.2, -0.15) is 4.72 Å². The van der Waals surface area contributed by atoms with E-state index in [1.54, 1.807) is 26.0 Å². The zero-order valence-corrected chi connectivity index (χ0v) is 19.7. The van der Waals surface area contributed by atoms with E-state index < -0.39 is 30.4 Å². The number of aryl methyl sites for hydroxylation is 3. The standard InChI is InChI=1S/C19H33NO5SSi/c1-13-10-14(2)17(15(3)11-13)26(22,23)20-16(18(21)24-7)12-25-27(8,9)19(4,5)6/h10-11,16,20H,12H2,1-9H3/t16-/m1/s1. The topological polar surface area (TPSA) is 81.7 Å². The van der Waals surface area contributed by atoms with Crippen LogP contribution in [0.5, 0.6) is 0 Å². The van der Waals surface area contributed by atoms with E-state index in [1.165, 1.54) is 7.11 Å². The van der Waals surface area contributed by atoms with Gasteiger partial charge in [-0.25, -0.2) is 8.42 Å². The molecule has 6 nitrogen and oxygen atoms in total. The average Bonchev–Trinajstić information content (AvgIpc) is 2.47. The van der Waals surface area contributed by atoms with Crippen LogP contribution in [0.2, 0.25) is 18.1 Å². The Bertz CT molecular complexity index is 774. The summed E-state index contributed by atoms with van der Waals surface area (Å²) in [7, 11) is -4.83. The van der Waals surface area contributed by atoms with Gasteiger partial charge in [-0.05, 0) is 50.0 Å². The van der Waals surface area contributed by atoms with Crippen LogP contribution in [-0.4, -0.2) is 42.5 Å². The molecular weight excluding hydrogens is 382 g/mol. The predicted octanol–water partition coefficient (Wildman–Crippen LogP) is 3.45. The lowest BCUT2D eigenvalue weighted by Crippen LogP contribution is -2.49. The molecule has 0 radical (unpaired) electrons. The van der Waals surface area contributed by atoms with Crippen LogP contribution in [0.4, 0.5) is 0 Å². The monoisotopic (exact) mass is 415 g/mol. The minimum atomic E-state index is -3.91. The van der Waals surface area contributed by atoms with Gasteiger partial charge in [-0.3, -0.25) is 4.79 Å². The molecule has 1 N–H and O–H groups in total. The van der Waals surface area contributed by atoms with E-state index in [4.69, 9.17) is 9.16 Å². The van der Waals surface area contributed by atoms with Crippen molar-refractivity contribution in [3.05, 3.63) is 28.8 Å². The van der Waals surface area contributed by atoms with Crippen molar-refractivity contribution in [2.45, 2.75) is 70.6 Å². The van der Waals surface area contributed by atoms with Gasteiger partial charge < -0.3 is 9.16 Å². The maximum atomic E-state index is 13.0. The maximum absolute atomic E-state index is 13.0. The van der Waals surface area contributed by atoms with Gasteiger partial charge in [-0.15, -0.1) is 0 Å². The molecule has 0 saturated heterocycles. The molecule has 0 heterocycles. The highest BCUT2D eigenvalue weighted by Crippen LogP contribution is 2.36. The van der Waals surface area contributed by atoms with E-state index in [9.17, 15) is 13.2 Å². The summed E-state index contributed by atoms with van der Waals surface area (Å²) in [6, 6.07) is 2.51. The number of sulfonamides is 1. The van der Waals surface area contributed by atoms with E-state index in [1.807, 2.05) is 20.0 Å². The van der Waals surface area contributed by atoms with Crippen molar-refractivity contribution in [3.8, 4) is 0 Å². The summed E-state index contributed by atoms with van der Waals surface area (Å²) in [6.07, 6.45) is 0. The second kappa shape index (κ2) is 8.42. The van der Waals surface area contributed by atoms with Crippen LogP contribution in [0.1, 0.15) is 37.5 Å². The largest absolute Gasteiger partial charge is 0.468 e. The van der Waals surface area contributed by atoms with Crippen LogP contribution >= 0.6 is 0 Å². The fraction of sp³-hybridized carbons (Fsp3) is 0.632. The van der Waals surface area contributed by atoms with Gasteiger partial charge in [0, 0.05) is 0 Å². The highest BCUT2D eigenvalue weighted by atomic mass is 32.2. The number of hydrogen-bond donors (Lipinski definition) is 1. The number of nitrogens with one attached hydrogen (secondary N) is 1. The third-order valence-corrected chi connectivity index (χ3v) is 11.4. The Morgan fingerprint density at radius 3 is 2.04 bits per heavy atom. The van der Waals surface area contributed by atoms with Gasteiger partial charge in [-0.1, -0.05) is 38.5 Å². The lowest BCUT2D eigenvalue weighted by Gasteiger charge is -2.37. The Morgan fingerprint density at radius 1 is 1.15 bits per heavy atom. The van der Waals surface area contributed by atoms with Gasteiger partial charge in [0.25, 0.3) is 0 Å². The zero-order chi connectivity index (χ0) is 21.2. The highest BCUT2D eigenvalue weighted by molar-refractivity contribution is 7.89. The van der Waals surface area contributed by atoms with Crippen LogP contribution < -0.4 is 4.72 Å². The molecule has 1 rings (SSSR count). The smallest absolute Gasteiger partial charge is 0.326 e. The molecule has 0 saturated carbocycles. The quantitative estimate of drug-likeness (QED) is 0.545. The van der Waals surface area contributed by atoms with E-state index in [2.05, 4.69) is 25.5 Å². The number of carbonyl (C=O) groups is 1. The first-order valence-corrected chi connectivity index (χ1v) is 13.3. The molecule has 0 bridgehead atoms. The summed E-state index contributed by atoms with van der Waals surface area (Å²) in [5.41, 5.74) is 2.25. The summed E-state index contributed by atoms with van der Waals surface area (Å²) in [6.45, 7) is 15.7. The Hall–Kier alpha value is -1.22. The van der Waals surface area contributed by atoms with Gasteiger partial charge in [0.2, 0.25) is 10.0 Å². The average molecular weight is 416 g/mol. The number of benzene rings is 1. The molecule has 0 fully saturated rings. The summed E-state index contributed by atoms with van der Waals surface area (Å²) in [4.78, 5) is 12.4. The predicted molar refractivity (Wildman–Crippen MR) is 110 cm³/mol. The molecule has 1 atom stereocenters. The summed E-state index contributed by atoms with van der Waals surface area (Å²) >= 11 is 0. The van der Waals surface area contributed by atoms with Crippen molar-refractivity contribution in [3.63, 3.8) is 0 Å². The summed E-state index contributed by atoms with van der Waals surface area (Å²) in [5.74, 6) is -0.667. The Morgan fingerprint density at radius 2 is 1.63 bits per heavy atom. The molecule has 0 aromatic heterocycles. The van der Waals surface area contributed by atoms with Crippen LogP contribution in [0.15, 0.2) is 17.0 Å². The number of methoxy groups -OCH3 is 1. The van der Waals surface area contributed by atoms with Crippen LogP contribution in [0, 0.1) is 20.8 Å². The van der Waals surface area contributed by atoms with Crippen molar-refractivity contribution in [2.75, 3.05) is 13.7 Å². The molecule has 27 heavy (non-hydrogen) atoms. The number of rotatable bonds is 7. The van der Waals surface area contributed by atoms with Crippen molar-refractivity contribution >= 4 is 24.3 Å². The molecule has 0 amide bonds. The summed E-state index contributed by atoms with van der Waals surface area (Å²) in [5, 5.41) is -0.0589. The van der Waals surface area contributed by atoms with Gasteiger partial charge in [0.05, 0.1) is 18.6 Å². The fourth-order valence-electron chi connectivity index (χ4n) is 2.64. The fourth-order valence-corrected chi connectivity index (χ4v) is 5.28. The lowest BCUT2D eigenvalue weighted by molar-refractivity contribution is -0.143. The van der Waals surface area contributed by atoms with Gasteiger partial charge in [0.15, 0.2) is 8.32 Å². The molecule has 0 aliphatic rings. The third-order valence-electron chi connectivity index (χ3n) is 5.07. The van der Waals surface area contributed by atoms with E-state index >= 15 is 0 Å². The first-order chi connectivity index (χ1) is 12.1. The van der Waals surface area contributed by atoms with Gasteiger partial charge >= 0.3 is 5.97 Å². The molecular formula is C19H33NO5SSi. The maximum Gasteiger partial charge on any atom is 0.326 e. The molecule has 8 heteroatoms.